The Bertz CT molecular complexity index is 826. The third kappa shape index (κ3) is 2.90. The number of nitrogens with zero attached hydrogens (tertiary/aromatic N) is 2. The van der Waals surface area contributed by atoms with Crippen LogP contribution < -0.4 is 20.3 Å². The molecule has 2 heterocycles. The molecule has 1 fully saturated rings. The first-order valence-electron chi connectivity index (χ1n) is 7.46. The van der Waals surface area contributed by atoms with Gasteiger partial charge in [-0.15, -0.1) is 0 Å². The standard InChI is InChI=1S/C16H15N3O4/c20-15(17-11-3-5-13-14(7-11)23-9-22-13)8-19-16(21)6-4-12(18-19)10-1-2-10/h3-7,10H,1-2,8-9H2,(H,17,20). The van der Waals surface area contributed by atoms with Gasteiger partial charge in [0.1, 0.15) is 6.54 Å². The highest BCUT2D eigenvalue weighted by atomic mass is 16.7. The van der Waals surface area contributed by atoms with Crippen molar-refractivity contribution in [3.05, 3.63) is 46.4 Å². The van der Waals surface area contributed by atoms with Gasteiger partial charge in [-0.05, 0) is 31.0 Å². The topological polar surface area (TPSA) is 82.5 Å². The van der Waals surface area contributed by atoms with Crippen LogP contribution >= 0.6 is 0 Å². The summed E-state index contributed by atoms with van der Waals surface area (Å²) < 4.78 is 11.7. The summed E-state index contributed by atoms with van der Waals surface area (Å²) in [7, 11) is 0. The maximum atomic E-state index is 12.1. The molecule has 1 aromatic heterocycles. The zero-order valence-electron chi connectivity index (χ0n) is 12.3. The highest BCUT2D eigenvalue weighted by Gasteiger charge is 2.25. The zero-order valence-corrected chi connectivity index (χ0v) is 12.3. The average Bonchev–Trinajstić information content (AvgIpc) is 3.27. The van der Waals surface area contributed by atoms with Crippen LogP contribution in [0.5, 0.6) is 11.5 Å². The van der Waals surface area contributed by atoms with E-state index in [2.05, 4.69) is 10.4 Å². The minimum atomic E-state index is -0.314. The lowest BCUT2D eigenvalue weighted by Crippen LogP contribution is -2.29. The monoisotopic (exact) mass is 313 g/mol. The van der Waals surface area contributed by atoms with Crippen molar-refractivity contribution in [3.63, 3.8) is 0 Å². The summed E-state index contributed by atoms with van der Waals surface area (Å²) in [5.74, 6) is 1.36. The van der Waals surface area contributed by atoms with E-state index in [-0.39, 0.29) is 24.8 Å². The molecular weight excluding hydrogens is 298 g/mol. The third-order valence-corrected chi connectivity index (χ3v) is 3.83. The number of aromatic nitrogens is 2. The number of benzene rings is 1. The lowest BCUT2D eigenvalue weighted by molar-refractivity contribution is -0.117. The first kappa shape index (κ1) is 13.8. The predicted octanol–water partition coefficient (Wildman–Crippen LogP) is 1.49. The van der Waals surface area contributed by atoms with E-state index in [0.717, 1.165) is 18.5 Å². The molecule has 1 saturated carbocycles. The minimum absolute atomic E-state index is 0.117. The molecule has 1 amide bonds. The lowest BCUT2D eigenvalue weighted by Gasteiger charge is -2.08. The Labute approximate surface area is 131 Å². The average molecular weight is 313 g/mol. The van der Waals surface area contributed by atoms with Gasteiger partial charge in [-0.3, -0.25) is 9.59 Å². The molecule has 2 aliphatic rings. The van der Waals surface area contributed by atoms with E-state index >= 15 is 0 Å². The molecule has 0 radical (unpaired) electrons. The van der Waals surface area contributed by atoms with Gasteiger partial charge in [0.2, 0.25) is 12.7 Å². The van der Waals surface area contributed by atoms with Crippen molar-refractivity contribution in [2.24, 2.45) is 0 Å². The van der Waals surface area contributed by atoms with Crippen LogP contribution in [0.4, 0.5) is 5.69 Å². The molecule has 0 unspecified atom stereocenters. The van der Waals surface area contributed by atoms with Crippen molar-refractivity contribution >= 4 is 11.6 Å². The van der Waals surface area contributed by atoms with Gasteiger partial charge in [-0.2, -0.15) is 5.10 Å². The SMILES string of the molecule is O=C(Cn1nc(C2CC2)ccc1=O)Nc1ccc2c(c1)OCO2. The lowest BCUT2D eigenvalue weighted by atomic mass is 10.2. The fourth-order valence-electron chi connectivity index (χ4n) is 2.49. The Morgan fingerprint density at radius 2 is 2.04 bits per heavy atom. The molecule has 1 aliphatic heterocycles. The molecule has 0 spiro atoms. The molecule has 0 saturated heterocycles. The summed E-state index contributed by atoms with van der Waals surface area (Å²) in [6.07, 6.45) is 2.18. The second-order valence-corrected chi connectivity index (χ2v) is 5.64. The number of carbonyl (C=O) groups excluding carboxylic acids is 1. The van der Waals surface area contributed by atoms with E-state index in [1.54, 1.807) is 24.3 Å². The second kappa shape index (κ2) is 5.42. The third-order valence-electron chi connectivity index (χ3n) is 3.83. The van der Waals surface area contributed by atoms with Crippen LogP contribution in [0.3, 0.4) is 0 Å². The molecule has 1 aliphatic carbocycles. The Kier molecular flexibility index (Phi) is 3.25. The summed E-state index contributed by atoms with van der Waals surface area (Å²) in [6, 6.07) is 8.36. The molecule has 0 bridgehead atoms. The number of anilines is 1. The minimum Gasteiger partial charge on any atom is -0.454 e. The first-order chi connectivity index (χ1) is 11.2. The fourth-order valence-corrected chi connectivity index (χ4v) is 2.49. The van der Waals surface area contributed by atoms with Crippen molar-refractivity contribution in [2.45, 2.75) is 25.3 Å². The van der Waals surface area contributed by atoms with E-state index in [1.807, 2.05) is 0 Å². The van der Waals surface area contributed by atoms with E-state index in [1.165, 1.54) is 10.7 Å². The Morgan fingerprint density at radius 3 is 2.87 bits per heavy atom. The van der Waals surface area contributed by atoms with E-state index < -0.39 is 0 Å². The normalized spacial score (nSPS) is 15.5. The van der Waals surface area contributed by atoms with Crippen LogP contribution in [0.2, 0.25) is 0 Å². The Hall–Kier alpha value is -2.83. The molecule has 1 N–H and O–H groups in total. The molecule has 0 atom stereocenters. The van der Waals surface area contributed by atoms with Gasteiger partial charge in [0.25, 0.3) is 5.56 Å². The number of fused-ring (bicyclic) bond motifs is 1. The molecule has 1 aromatic carbocycles. The van der Waals surface area contributed by atoms with Gasteiger partial charge < -0.3 is 14.8 Å². The maximum Gasteiger partial charge on any atom is 0.267 e. The summed E-state index contributed by atoms with van der Waals surface area (Å²) in [5.41, 5.74) is 1.18. The van der Waals surface area contributed by atoms with Gasteiger partial charge in [0.05, 0.1) is 5.69 Å². The number of hydrogen-bond donors (Lipinski definition) is 1. The van der Waals surface area contributed by atoms with Crippen LogP contribution in [-0.4, -0.2) is 22.5 Å². The quantitative estimate of drug-likeness (QED) is 0.924. The highest BCUT2D eigenvalue weighted by Crippen LogP contribution is 2.38. The number of ether oxygens (including phenoxy) is 2. The molecule has 7 heteroatoms. The van der Waals surface area contributed by atoms with Gasteiger partial charge in [-0.25, -0.2) is 4.68 Å². The van der Waals surface area contributed by atoms with Crippen molar-refractivity contribution in [2.75, 3.05) is 12.1 Å². The van der Waals surface area contributed by atoms with Gasteiger partial charge >= 0.3 is 0 Å². The van der Waals surface area contributed by atoms with Crippen molar-refractivity contribution in [3.8, 4) is 11.5 Å². The fraction of sp³-hybridized carbons (Fsp3) is 0.312. The largest absolute Gasteiger partial charge is 0.454 e. The van der Waals surface area contributed by atoms with Crippen molar-refractivity contribution in [1.29, 1.82) is 0 Å². The van der Waals surface area contributed by atoms with E-state index in [9.17, 15) is 9.59 Å². The van der Waals surface area contributed by atoms with Gasteiger partial charge in [-0.1, -0.05) is 0 Å². The smallest absolute Gasteiger partial charge is 0.267 e. The molecule has 23 heavy (non-hydrogen) atoms. The summed E-state index contributed by atoms with van der Waals surface area (Å²) in [4.78, 5) is 24.0. The van der Waals surface area contributed by atoms with E-state index in [4.69, 9.17) is 9.47 Å². The number of amides is 1. The van der Waals surface area contributed by atoms with Crippen LogP contribution in [0, 0.1) is 0 Å². The molecule has 7 nitrogen and oxygen atoms in total. The van der Waals surface area contributed by atoms with Crippen molar-refractivity contribution < 1.29 is 14.3 Å². The molecule has 4 rings (SSSR count). The first-order valence-corrected chi connectivity index (χ1v) is 7.46. The Balaban J connectivity index is 1.47. The maximum absolute atomic E-state index is 12.1. The van der Waals surface area contributed by atoms with Crippen molar-refractivity contribution in [1.82, 2.24) is 9.78 Å². The number of hydrogen-bond acceptors (Lipinski definition) is 5. The molecule has 2 aromatic rings. The zero-order chi connectivity index (χ0) is 15.8. The Morgan fingerprint density at radius 1 is 1.22 bits per heavy atom. The van der Waals surface area contributed by atoms with Gasteiger partial charge in [0.15, 0.2) is 11.5 Å². The number of rotatable bonds is 4. The summed E-state index contributed by atoms with van der Waals surface area (Å²) in [5, 5.41) is 7.01. The number of nitrogens with one attached hydrogen (secondary N) is 1. The molecular formula is C16H15N3O4. The second-order valence-electron chi connectivity index (χ2n) is 5.64. The van der Waals surface area contributed by atoms with Crippen LogP contribution in [0.15, 0.2) is 35.1 Å². The van der Waals surface area contributed by atoms with E-state index in [0.29, 0.717) is 23.1 Å². The van der Waals surface area contributed by atoms with Crippen LogP contribution in [-0.2, 0) is 11.3 Å². The predicted molar refractivity (Wildman–Crippen MR) is 81.7 cm³/mol. The van der Waals surface area contributed by atoms with Crippen LogP contribution in [0.25, 0.3) is 0 Å². The molecule has 118 valence electrons. The highest BCUT2D eigenvalue weighted by molar-refractivity contribution is 5.90. The summed E-state index contributed by atoms with van der Waals surface area (Å²) >= 11 is 0. The van der Waals surface area contributed by atoms with Gasteiger partial charge in [0, 0.05) is 23.7 Å². The van der Waals surface area contributed by atoms with Crippen LogP contribution in [0.1, 0.15) is 24.5 Å². The number of carbonyl (C=O) groups is 1. The summed E-state index contributed by atoms with van der Waals surface area (Å²) in [6.45, 7) is 0.0633.